The van der Waals surface area contributed by atoms with Gasteiger partial charge in [-0.05, 0) is 61.8 Å². The molecule has 0 spiro atoms. The van der Waals surface area contributed by atoms with Gasteiger partial charge in [-0.1, -0.05) is 43.5 Å². The van der Waals surface area contributed by atoms with E-state index in [0.717, 1.165) is 0 Å². The van der Waals surface area contributed by atoms with E-state index in [1.807, 2.05) is 6.92 Å². The van der Waals surface area contributed by atoms with Gasteiger partial charge in [0.05, 0.1) is 13.2 Å². The van der Waals surface area contributed by atoms with Crippen molar-refractivity contribution >= 4 is 0 Å². The van der Waals surface area contributed by atoms with Gasteiger partial charge in [-0.2, -0.15) is 4.39 Å². The highest BCUT2D eigenvalue weighted by Gasteiger charge is 2.25. The van der Waals surface area contributed by atoms with Crippen molar-refractivity contribution in [1.82, 2.24) is 0 Å². The van der Waals surface area contributed by atoms with Crippen LogP contribution < -0.4 is 4.74 Å². The van der Waals surface area contributed by atoms with E-state index in [-0.39, 0.29) is 29.8 Å². The molecule has 3 nitrogen and oxygen atoms in total. The lowest BCUT2D eigenvalue weighted by molar-refractivity contribution is 0.122. The van der Waals surface area contributed by atoms with E-state index in [0.29, 0.717) is 42.6 Å². The largest absolute Gasteiger partial charge is 0.494 e. The fraction of sp³-hybridized carbons (Fsp3) is 0.310. The smallest absolute Gasteiger partial charge is 0.200 e. The van der Waals surface area contributed by atoms with Crippen LogP contribution in [0.15, 0.2) is 85.2 Å². The molecule has 0 radical (unpaired) electrons. The third-order valence-electron chi connectivity index (χ3n) is 5.82. The molecule has 36 heavy (non-hydrogen) atoms. The number of aliphatic hydroxyl groups excluding tert-OH is 1. The Kier molecular flexibility index (Phi) is 11.0. The molecule has 7 heteroatoms. The second-order valence-corrected chi connectivity index (χ2v) is 8.42. The minimum absolute atomic E-state index is 0.109. The highest BCUT2D eigenvalue weighted by atomic mass is 19.2. The normalized spacial score (nSPS) is 17.8. The summed E-state index contributed by atoms with van der Waals surface area (Å²) in [4.78, 5) is 0. The van der Waals surface area contributed by atoms with Crippen LogP contribution in [-0.4, -0.2) is 24.9 Å². The minimum atomic E-state index is -1.26. The number of allylic oxidation sites excluding steroid dienone is 2. The van der Waals surface area contributed by atoms with E-state index in [1.54, 1.807) is 30.3 Å². The number of rotatable bonds is 8. The first-order valence-corrected chi connectivity index (χ1v) is 11.6. The summed E-state index contributed by atoms with van der Waals surface area (Å²) in [5.41, 5.74) is 0.641. The van der Waals surface area contributed by atoms with Gasteiger partial charge in [0.1, 0.15) is 18.1 Å². The molecule has 1 fully saturated rings. The van der Waals surface area contributed by atoms with Crippen LogP contribution in [0.1, 0.15) is 44.1 Å². The standard InChI is InChI=1S/C26H26F4O3.C3H6/c1-15(23(27)24(28)16(2)32-3)14-33-20-10-6-18(7-11-20)22-13-12-21(25(29)26(22)30)17-4-8-19(31)9-5-17;1-3-2/h6-7,10-13,17,19,31H,1-2,4-5,8-9,14H2,3H3;3H,1H2,2H3/b24-23-;. The predicted molar refractivity (Wildman–Crippen MR) is 135 cm³/mol. The third kappa shape index (κ3) is 7.34. The molecule has 0 aromatic heterocycles. The first-order chi connectivity index (χ1) is 17.1. The maximum Gasteiger partial charge on any atom is 0.200 e. The van der Waals surface area contributed by atoms with Gasteiger partial charge < -0.3 is 14.6 Å². The van der Waals surface area contributed by atoms with Gasteiger partial charge in [0.15, 0.2) is 23.3 Å². The number of hydrogen-bond donors (Lipinski definition) is 1. The zero-order valence-electron chi connectivity index (χ0n) is 20.6. The summed E-state index contributed by atoms with van der Waals surface area (Å²) in [6, 6.07) is 9.27. The summed E-state index contributed by atoms with van der Waals surface area (Å²) in [5, 5.41) is 9.64. The van der Waals surface area contributed by atoms with Crippen LogP contribution in [-0.2, 0) is 4.74 Å². The molecule has 0 saturated heterocycles. The summed E-state index contributed by atoms with van der Waals surface area (Å²) in [7, 11) is 1.17. The molecule has 1 aliphatic carbocycles. The average molecular weight is 505 g/mol. The van der Waals surface area contributed by atoms with Gasteiger partial charge in [-0.15, -0.1) is 6.58 Å². The number of aliphatic hydroxyl groups is 1. The number of benzene rings is 2. The van der Waals surface area contributed by atoms with Gasteiger partial charge in [0.2, 0.25) is 0 Å². The van der Waals surface area contributed by atoms with Crippen LogP contribution in [0.3, 0.4) is 0 Å². The molecule has 1 aliphatic rings. The topological polar surface area (TPSA) is 38.7 Å². The fourth-order valence-electron chi connectivity index (χ4n) is 3.82. The van der Waals surface area contributed by atoms with Crippen molar-refractivity contribution in [1.29, 1.82) is 0 Å². The zero-order chi connectivity index (χ0) is 26.8. The molecule has 1 saturated carbocycles. The van der Waals surface area contributed by atoms with Crippen molar-refractivity contribution in [3.63, 3.8) is 0 Å². The van der Waals surface area contributed by atoms with Gasteiger partial charge in [0.25, 0.3) is 0 Å². The van der Waals surface area contributed by atoms with Crippen molar-refractivity contribution in [2.24, 2.45) is 0 Å². The monoisotopic (exact) mass is 504 g/mol. The van der Waals surface area contributed by atoms with Gasteiger partial charge in [-0.25, -0.2) is 13.2 Å². The van der Waals surface area contributed by atoms with E-state index >= 15 is 0 Å². The number of hydrogen-bond acceptors (Lipinski definition) is 3. The fourth-order valence-corrected chi connectivity index (χ4v) is 3.82. The summed E-state index contributed by atoms with van der Waals surface area (Å²) in [6.45, 7) is 11.6. The van der Waals surface area contributed by atoms with Crippen molar-refractivity contribution in [3.05, 3.63) is 102 Å². The molecule has 0 heterocycles. The number of halogens is 4. The van der Waals surface area contributed by atoms with Crippen LogP contribution in [0.25, 0.3) is 11.1 Å². The quantitative estimate of drug-likeness (QED) is 0.171. The summed E-state index contributed by atoms with van der Waals surface area (Å²) in [6.07, 6.45) is 3.77. The van der Waals surface area contributed by atoms with Crippen molar-refractivity contribution in [3.8, 4) is 16.9 Å². The Morgan fingerprint density at radius 3 is 2.11 bits per heavy atom. The molecule has 2 aromatic carbocycles. The highest BCUT2D eigenvalue weighted by Crippen LogP contribution is 2.37. The minimum Gasteiger partial charge on any atom is -0.494 e. The lowest BCUT2D eigenvalue weighted by Crippen LogP contribution is -2.18. The Hall–Kier alpha value is -3.32. The Labute approximate surface area is 210 Å². The first-order valence-electron chi connectivity index (χ1n) is 11.6. The van der Waals surface area contributed by atoms with E-state index in [4.69, 9.17) is 4.74 Å². The predicted octanol–water partition coefficient (Wildman–Crippen LogP) is 8.09. The van der Waals surface area contributed by atoms with Crippen molar-refractivity contribution in [2.45, 2.75) is 44.6 Å². The highest BCUT2D eigenvalue weighted by molar-refractivity contribution is 5.65. The SMILES string of the molecule is C=C(COc1ccc(-c2ccc(C3CCC(O)CC3)c(F)c2F)cc1)/C(F)=C(/F)C(=C)OC.C=CC. The lowest BCUT2D eigenvalue weighted by Gasteiger charge is -2.26. The molecule has 0 unspecified atom stereocenters. The Bertz CT molecular complexity index is 1100. The summed E-state index contributed by atoms with van der Waals surface area (Å²) in [5.74, 6) is -4.53. The maximum absolute atomic E-state index is 14.8. The third-order valence-corrected chi connectivity index (χ3v) is 5.82. The van der Waals surface area contributed by atoms with Crippen LogP contribution in [0.5, 0.6) is 5.75 Å². The van der Waals surface area contributed by atoms with Gasteiger partial charge >= 0.3 is 0 Å². The molecule has 1 N–H and O–H groups in total. The van der Waals surface area contributed by atoms with E-state index in [1.165, 1.54) is 19.2 Å². The Morgan fingerprint density at radius 1 is 0.972 bits per heavy atom. The molecule has 3 rings (SSSR count). The Balaban J connectivity index is 0.00000145. The second-order valence-electron chi connectivity index (χ2n) is 8.42. The molecule has 194 valence electrons. The molecule has 0 amide bonds. The van der Waals surface area contributed by atoms with Crippen molar-refractivity contribution < 1.29 is 32.1 Å². The molecular weight excluding hydrogens is 472 g/mol. The first kappa shape index (κ1) is 28.9. The average Bonchev–Trinajstić information content (AvgIpc) is 2.89. The molecule has 0 aliphatic heterocycles. The van der Waals surface area contributed by atoms with Crippen LogP contribution in [0.2, 0.25) is 0 Å². The Morgan fingerprint density at radius 2 is 1.56 bits per heavy atom. The summed E-state index contributed by atoms with van der Waals surface area (Å²) >= 11 is 0. The second kappa shape index (κ2) is 13.7. The molecular formula is C29H32F4O3. The van der Waals surface area contributed by atoms with E-state index in [9.17, 15) is 22.7 Å². The van der Waals surface area contributed by atoms with Gasteiger partial charge in [-0.3, -0.25) is 0 Å². The van der Waals surface area contributed by atoms with Crippen LogP contribution in [0.4, 0.5) is 17.6 Å². The molecule has 2 aromatic rings. The molecule has 0 atom stereocenters. The van der Waals surface area contributed by atoms with Crippen LogP contribution >= 0.6 is 0 Å². The van der Waals surface area contributed by atoms with E-state index in [2.05, 4.69) is 24.5 Å². The summed E-state index contributed by atoms with van der Waals surface area (Å²) < 4.78 is 67.3. The molecule has 0 bridgehead atoms. The van der Waals surface area contributed by atoms with Crippen LogP contribution in [0, 0.1) is 11.6 Å². The van der Waals surface area contributed by atoms with Gasteiger partial charge in [0, 0.05) is 11.1 Å². The number of ether oxygens (including phenoxy) is 2. The number of methoxy groups -OCH3 is 1. The van der Waals surface area contributed by atoms with Crippen molar-refractivity contribution in [2.75, 3.05) is 13.7 Å². The lowest BCUT2D eigenvalue weighted by atomic mass is 9.82. The zero-order valence-corrected chi connectivity index (χ0v) is 20.6. The van der Waals surface area contributed by atoms with E-state index < -0.39 is 29.0 Å². The maximum atomic E-state index is 14.8.